The van der Waals surface area contributed by atoms with Gasteiger partial charge in [0.15, 0.2) is 17.5 Å². The number of hydrogen-bond donors (Lipinski definition) is 0. The Labute approximate surface area is 237 Å². The van der Waals surface area contributed by atoms with Crippen molar-refractivity contribution < 1.29 is 40.2 Å². The molecule has 0 radical (unpaired) electrons. The Morgan fingerprint density at radius 3 is 1.69 bits per heavy atom. The van der Waals surface area contributed by atoms with E-state index >= 15 is 0 Å². The highest BCUT2D eigenvalue weighted by Gasteiger charge is 2.35. The summed E-state index contributed by atoms with van der Waals surface area (Å²) in [6, 6.07) is 14.1. The van der Waals surface area contributed by atoms with Gasteiger partial charge >= 0.3 is 6.11 Å². The van der Waals surface area contributed by atoms with Crippen LogP contribution in [-0.2, 0) is 6.11 Å². The smallest absolute Gasteiger partial charge is 0.426 e. The molecule has 42 heavy (non-hydrogen) atoms. The maximum atomic E-state index is 14.8. The lowest BCUT2D eigenvalue weighted by atomic mass is 10.1. The topological polar surface area (TPSA) is 18.5 Å². The lowest BCUT2D eigenvalue weighted by molar-refractivity contribution is -0.185. The first-order chi connectivity index (χ1) is 20.1. The molecule has 0 spiro atoms. The van der Waals surface area contributed by atoms with E-state index in [0.29, 0.717) is 42.0 Å². The zero-order chi connectivity index (χ0) is 30.3. The molecule has 4 aromatic carbocycles. The minimum Gasteiger partial charge on any atom is -0.494 e. The summed E-state index contributed by atoms with van der Waals surface area (Å²) < 4.78 is 108. The molecule has 0 aliphatic rings. The second-order valence-corrected chi connectivity index (χ2v) is 8.94. The Morgan fingerprint density at radius 1 is 0.619 bits per heavy atom. The predicted molar refractivity (Wildman–Crippen MR) is 142 cm³/mol. The van der Waals surface area contributed by atoms with Crippen molar-refractivity contribution in [3.05, 3.63) is 130 Å². The number of halogens is 7. The molecule has 4 aromatic rings. The summed E-state index contributed by atoms with van der Waals surface area (Å²) in [5, 5.41) is 0. The fourth-order valence-corrected chi connectivity index (χ4v) is 3.56. The molecule has 0 atom stereocenters. The van der Waals surface area contributed by atoms with Gasteiger partial charge in [0.05, 0.1) is 17.7 Å². The van der Waals surface area contributed by atoms with Crippen molar-refractivity contribution in [2.45, 2.75) is 25.9 Å². The van der Waals surface area contributed by atoms with E-state index in [2.05, 4.69) is 29.4 Å². The first-order valence-electron chi connectivity index (χ1n) is 12.6. The van der Waals surface area contributed by atoms with Gasteiger partial charge in [0.25, 0.3) is 0 Å². The van der Waals surface area contributed by atoms with Crippen LogP contribution in [0.2, 0.25) is 0 Å². The second-order valence-electron chi connectivity index (χ2n) is 8.94. The van der Waals surface area contributed by atoms with E-state index in [4.69, 9.17) is 4.74 Å². The first-order valence-corrected chi connectivity index (χ1v) is 12.6. The third-order valence-electron chi connectivity index (χ3n) is 5.77. The lowest BCUT2D eigenvalue weighted by Crippen LogP contribution is -2.22. The van der Waals surface area contributed by atoms with Crippen molar-refractivity contribution in [3.63, 3.8) is 0 Å². The van der Waals surface area contributed by atoms with Gasteiger partial charge in [-0.25, -0.2) is 22.0 Å². The van der Waals surface area contributed by atoms with E-state index in [1.54, 1.807) is 24.3 Å². The van der Waals surface area contributed by atoms with Gasteiger partial charge in [-0.1, -0.05) is 37.0 Å². The highest BCUT2D eigenvalue weighted by molar-refractivity contribution is 5.47. The highest BCUT2D eigenvalue weighted by Crippen LogP contribution is 2.33. The standard InChI is InChI=1S/C33H21F7O2/c1-2-3-16-41-25-13-8-22(9-14-25)5-4-21-6-11-24(12-7-21)33(39,40)42-26-19-28(34)27(29(35)20-26)15-10-23-17-30(36)32(38)31(37)18-23/h6-9,11-14,17-20H,2-3,16H2,1H3. The molecule has 0 unspecified atom stereocenters. The van der Waals surface area contributed by atoms with Crippen molar-refractivity contribution in [2.24, 2.45) is 0 Å². The van der Waals surface area contributed by atoms with Gasteiger partial charge in [0, 0.05) is 28.8 Å². The van der Waals surface area contributed by atoms with Crippen LogP contribution in [0.3, 0.4) is 0 Å². The summed E-state index contributed by atoms with van der Waals surface area (Å²) in [4.78, 5) is 0. The minimum absolute atomic E-state index is 0.393. The zero-order valence-electron chi connectivity index (χ0n) is 22.0. The van der Waals surface area contributed by atoms with Crippen LogP contribution in [0, 0.1) is 52.8 Å². The van der Waals surface area contributed by atoms with Gasteiger partial charge in [-0.15, -0.1) is 0 Å². The third kappa shape index (κ3) is 7.64. The minimum atomic E-state index is -3.96. The summed E-state index contributed by atoms with van der Waals surface area (Å²) in [6.45, 7) is 2.69. The summed E-state index contributed by atoms with van der Waals surface area (Å²) >= 11 is 0. The molecule has 0 amide bonds. The number of benzene rings is 4. The van der Waals surface area contributed by atoms with E-state index in [1.807, 2.05) is 5.92 Å². The van der Waals surface area contributed by atoms with Gasteiger partial charge < -0.3 is 9.47 Å². The average molecular weight is 583 g/mol. The Morgan fingerprint density at radius 2 is 1.14 bits per heavy atom. The Bertz CT molecular complexity index is 1650. The molecule has 0 aliphatic carbocycles. The number of ether oxygens (including phenoxy) is 2. The molecule has 0 aromatic heterocycles. The van der Waals surface area contributed by atoms with Gasteiger partial charge in [-0.2, -0.15) is 8.78 Å². The van der Waals surface area contributed by atoms with Crippen LogP contribution in [0.15, 0.2) is 72.8 Å². The molecule has 214 valence electrons. The second kappa shape index (κ2) is 13.2. The Kier molecular flexibility index (Phi) is 9.44. The number of unbranched alkanes of at least 4 members (excludes halogenated alkanes) is 1. The fourth-order valence-electron chi connectivity index (χ4n) is 3.56. The molecule has 0 bridgehead atoms. The molecule has 0 fully saturated rings. The average Bonchev–Trinajstić information content (AvgIpc) is 2.95. The molecule has 4 rings (SSSR count). The Hall–Kier alpha value is -4.89. The van der Waals surface area contributed by atoms with Crippen molar-refractivity contribution in [1.82, 2.24) is 0 Å². The summed E-state index contributed by atoms with van der Waals surface area (Å²) in [6.07, 6.45) is -1.99. The number of alkyl halides is 2. The lowest BCUT2D eigenvalue weighted by Gasteiger charge is -2.18. The molecule has 0 saturated carbocycles. The molecule has 0 saturated heterocycles. The van der Waals surface area contributed by atoms with Crippen molar-refractivity contribution in [2.75, 3.05) is 6.61 Å². The van der Waals surface area contributed by atoms with Crippen LogP contribution in [0.4, 0.5) is 30.7 Å². The normalized spacial score (nSPS) is 10.8. The summed E-state index contributed by atoms with van der Waals surface area (Å²) in [7, 11) is 0. The largest absolute Gasteiger partial charge is 0.494 e. The monoisotopic (exact) mass is 582 g/mol. The van der Waals surface area contributed by atoms with Crippen molar-refractivity contribution in [3.8, 4) is 35.2 Å². The fraction of sp³-hybridized carbons (Fsp3) is 0.152. The van der Waals surface area contributed by atoms with E-state index in [0.717, 1.165) is 30.7 Å². The maximum Gasteiger partial charge on any atom is 0.426 e. The quantitative estimate of drug-likeness (QED) is 0.0942. The third-order valence-corrected chi connectivity index (χ3v) is 5.77. The maximum absolute atomic E-state index is 14.8. The van der Waals surface area contributed by atoms with Gasteiger partial charge in [0.1, 0.15) is 23.1 Å². The van der Waals surface area contributed by atoms with Crippen molar-refractivity contribution >= 4 is 0 Å². The molecular weight excluding hydrogens is 561 g/mol. The van der Waals surface area contributed by atoms with E-state index in [1.165, 1.54) is 12.1 Å². The molecule has 0 aliphatic heterocycles. The molecular formula is C33H21F7O2. The number of rotatable bonds is 7. The Balaban J connectivity index is 1.44. The van der Waals surface area contributed by atoms with Crippen LogP contribution in [0.5, 0.6) is 11.5 Å². The van der Waals surface area contributed by atoms with E-state index in [9.17, 15) is 30.7 Å². The predicted octanol–water partition coefficient (Wildman–Crippen LogP) is 8.49. The molecule has 2 nitrogen and oxygen atoms in total. The zero-order valence-corrected chi connectivity index (χ0v) is 22.0. The van der Waals surface area contributed by atoms with Crippen LogP contribution >= 0.6 is 0 Å². The van der Waals surface area contributed by atoms with Gasteiger partial charge in [-0.3, -0.25) is 0 Å². The van der Waals surface area contributed by atoms with Gasteiger partial charge in [0.2, 0.25) is 0 Å². The van der Waals surface area contributed by atoms with Crippen LogP contribution in [0.1, 0.15) is 47.6 Å². The molecule has 0 N–H and O–H groups in total. The molecule has 0 heterocycles. The molecule has 9 heteroatoms. The highest BCUT2D eigenvalue weighted by atomic mass is 19.3. The van der Waals surface area contributed by atoms with Crippen molar-refractivity contribution in [1.29, 1.82) is 0 Å². The first kappa shape index (κ1) is 30.1. The van der Waals surface area contributed by atoms with Crippen LogP contribution in [-0.4, -0.2) is 6.61 Å². The summed E-state index contributed by atoms with van der Waals surface area (Å²) in [5.41, 5.74) is -0.705. The summed E-state index contributed by atoms with van der Waals surface area (Å²) in [5.74, 6) is 2.29. The van der Waals surface area contributed by atoms with E-state index in [-0.39, 0.29) is 0 Å². The van der Waals surface area contributed by atoms with Crippen LogP contribution in [0.25, 0.3) is 0 Å². The SMILES string of the molecule is CCCCOc1ccc(C#Cc2ccc(C(F)(F)Oc3cc(F)c(C#Cc4cc(F)c(F)c(F)c4)c(F)c3)cc2)cc1. The van der Waals surface area contributed by atoms with Gasteiger partial charge in [-0.05, 0) is 67.1 Å². The number of hydrogen-bond acceptors (Lipinski definition) is 2. The van der Waals surface area contributed by atoms with E-state index < -0.39 is 57.6 Å². The van der Waals surface area contributed by atoms with Crippen LogP contribution < -0.4 is 9.47 Å².